The number of nitrogens with one attached hydrogen (secondary N) is 1. The van der Waals surface area contributed by atoms with Gasteiger partial charge in [0.15, 0.2) is 0 Å². The van der Waals surface area contributed by atoms with E-state index in [4.69, 9.17) is 0 Å². The highest BCUT2D eigenvalue weighted by atomic mass is 19.1. The van der Waals surface area contributed by atoms with Gasteiger partial charge in [0, 0.05) is 12.0 Å². The van der Waals surface area contributed by atoms with Crippen LogP contribution in [0.25, 0.3) is 0 Å². The Bertz CT molecular complexity index is 291. The average Bonchev–Trinajstić information content (AvgIpc) is 2.32. The normalized spacial score (nSPS) is 26.5. The molecule has 0 radical (unpaired) electrons. The molecule has 1 heterocycles. The number of piperidine rings is 1. The molecule has 2 rings (SSSR count). The number of hydrogen-bond acceptors (Lipinski definition) is 1. The molecule has 2 heteroatoms. The predicted molar refractivity (Wildman–Crippen MR) is 60.7 cm³/mol. The summed E-state index contributed by atoms with van der Waals surface area (Å²) >= 11 is 0. The van der Waals surface area contributed by atoms with Gasteiger partial charge in [0.1, 0.15) is 0 Å². The summed E-state index contributed by atoms with van der Waals surface area (Å²) in [6.07, 6.45) is 2.96. The van der Waals surface area contributed by atoms with Crippen LogP contribution in [0.5, 0.6) is 0 Å². The quantitative estimate of drug-likeness (QED) is 0.803. The minimum Gasteiger partial charge on any atom is -0.316 e. The van der Waals surface area contributed by atoms with E-state index in [1.807, 2.05) is 18.2 Å². The molecule has 1 N–H and O–H groups in total. The van der Waals surface area contributed by atoms with Gasteiger partial charge in [-0.05, 0) is 31.4 Å². The third kappa shape index (κ3) is 2.57. The van der Waals surface area contributed by atoms with Crippen molar-refractivity contribution in [3.8, 4) is 0 Å². The summed E-state index contributed by atoms with van der Waals surface area (Å²) in [7, 11) is 0. The SMILES string of the molecule is FCC1(Cc2ccccc2)CCCNC1. The van der Waals surface area contributed by atoms with Crippen LogP contribution in [0.2, 0.25) is 0 Å². The molecular weight excluding hydrogens is 189 g/mol. The molecule has 1 fully saturated rings. The third-order valence-electron chi connectivity index (χ3n) is 3.27. The lowest BCUT2D eigenvalue weighted by molar-refractivity contribution is 0.153. The minimum atomic E-state index is -0.213. The van der Waals surface area contributed by atoms with Crippen LogP contribution in [0, 0.1) is 5.41 Å². The van der Waals surface area contributed by atoms with Crippen LogP contribution in [-0.2, 0) is 6.42 Å². The second kappa shape index (κ2) is 4.75. The maximum absolute atomic E-state index is 13.2. The minimum absolute atomic E-state index is 0.153. The zero-order chi connectivity index (χ0) is 10.6. The highest BCUT2D eigenvalue weighted by Gasteiger charge is 2.32. The van der Waals surface area contributed by atoms with Crippen molar-refractivity contribution < 1.29 is 4.39 Å². The molecule has 1 saturated heterocycles. The lowest BCUT2D eigenvalue weighted by Gasteiger charge is -2.35. The average molecular weight is 207 g/mol. The number of benzene rings is 1. The fourth-order valence-electron chi connectivity index (χ4n) is 2.37. The van der Waals surface area contributed by atoms with E-state index in [2.05, 4.69) is 17.4 Å². The van der Waals surface area contributed by atoms with Crippen molar-refractivity contribution in [2.75, 3.05) is 19.8 Å². The van der Waals surface area contributed by atoms with Crippen molar-refractivity contribution in [1.82, 2.24) is 5.32 Å². The van der Waals surface area contributed by atoms with Crippen molar-refractivity contribution in [2.45, 2.75) is 19.3 Å². The molecule has 0 bridgehead atoms. The van der Waals surface area contributed by atoms with Gasteiger partial charge in [0.05, 0.1) is 6.67 Å². The van der Waals surface area contributed by atoms with E-state index < -0.39 is 0 Å². The van der Waals surface area contributed by atoms with E-state index in [-0.39, 0.29) is 12.1 Å². The van der Waals surface area contributed by atoms with Crippen LogP contribution in [0.4, 0.5) is 4.39 Å². The smallest absolute Gasteiger partial charge is 0.0965 e. The van der Waals surface area contributed by atoms with Gasteiger partial charge in [0.25, 0.3) is 0 Å². The number of alkyl halides is 1. The van der Waals surface area contributed by atoms with Crippen molar-refractivity contribution >= 4 is 0 Å². The summed E-state index contributed by atoms with van der Waals surface area (Å²) in [5, 5.41) is 3.31. The zero-order valence-corrected chi connectivity index (χ0v) is 9.01. The first kappa shape index (κ1) is 10.6. The molecule has 0 saturated carbocycles. The lowest BCUT2D eigenvalue weighted by Crippen LogP contribution is -2.43. The molecule has 0 aromatic heterocycles. The van der Waals surface area contributed by atoms with Crippen LogP contribution < -0.4 is 5.32 Å². The molecule has 1 aromatic rings. The fourth-order valence-corrected chi connectivity index (χ4v) is 2.37. The van der Waals surface area contributed by atoms with Crippen molar-refractivity contribution in [1.29, 1.82) is 0 Å². The predicted octanol–water partition coefficient (Wildman–Crippen LogP) is 2.57. The largest absolute Gasteiger partial charge is 0.316 e. The Hall–Kier alpha value is -0.890. The summed E-state index contributed by atoms with van der Waals surface area (Å²) in [4.78, 5) is 0. The molecule has 1 aliphatic heterocycles. The van der Waals surface area contributed by atoms with Gasteiger partial charge in [-0.15, -0.1) is 0 Å². The Morgan fingerprint density at radius 2 is 2.07 bits per heavy atom. The summed E-state index contributed by atoms with van der Waals surface area (Å²) in [6, 6.07) is 10.2. The maximum atomic E-state index is 13.2. The van der Waals surface area contributed by atoms with E-state index in [1.165, 1.54) is 5.56 Å². The second-order valence-corrected chi connectivity index (χ2v) is 4.58. The second-order valence-electron chi connectivity index (χ2n) is 4.58. The molecule has 1 aliphatic rings. The van der Waals surface area contributed by atoms with Gasteiger partial charge in [-0.1, -0.05) is 30.3 Å². The van der Waals surface area contributed by atoms with Crippen molar-refractivity contribution in [3.05, 3.63) is 35.9 Å². The topological polar surface area (TPSA) is 12.0 Å². The van der Waals surface area contributed by atoms with Gasteiger partial charge >= 0.3 is 0 Å². The van der Waals surface area contributed by atoms with Crippen molar-refractivity contribution in [2.24, 2.45) is 5.41 Å². The summed E-state index contributed by atoms with van der Waals surface area (Å²) in [5.41, 5.74) is 1.10. The Labute approximate surface area is 90.7 Å². The van der Waals surface area contributed by atoms with E-state index >= 15 is 0 Å². The first-order chi connectivity index (χ1) is 7.35. The first-order valence-electron chi connectivity index (χ1n) is 5.65. The molecule has 0 amide bonds. The van der Waals surface area contributed by atoms with Crippen molar-refractivity contribution in [3.63, 3.8) is 0 Å². The maximum Gasteiger partial charge on any atom is 0.0965 e. The van der Waals surface area contributed by atoms with E-state index in [9.17, 15) is 4.39 Å². The van der Waals surface area contributed by atoms with Gasteiger partial charge in [-0.25, -0.2) is 0 Å². The van der Waals surface area contributed by atoms with Gasteiger partial charge in [-0.2, -0.15) is 0 Å². The molecule has 0 spiro atoms. The van der Waals surface area contributed by atoms with E-state index in [0.717, 1.165) is 32.4 Å². The number of rotatable bonds is 3. The van der Waals surface area contributed by atoms with Crippen LogP contribution >= 0.6 is 0 Å². The lowest BCUT2D eigenvalue weighted by atomic mass is 9.77. The molecular formula is C13H18FN. The van der Waals surface area contributed by atoms with Crippen LogP contribution in [0.1, 0.15) is 18.4 Å². The fraction of sp³-hybridized carbons (Fsp3) is 0.538. The Kier molecular flexibility index (Phi) is 3.37. The monoisotopic (exact) mass is 207 g/mol. The number of hydrogen-bond donors (Lipinski definition) is 1. The van der Waals surface area contributed by atoms with E-state index in [0.29, 0.717) is 0 Å². The Balaban J connectivity index is 2.07. The van der Waals surface area contributed by atoms with Crippen LogP contribution in [0.3, 0.4) is 0 Å². The summed E-state index contributed by atoms with van der Waals surface area (Å²) in [6.45, 7) is 1.64. The summed E-state index contributed by atoms with van der Waals surface area (Å²) < 4.78 is 13.2. The van der Waals surface area contributed by atoms with Crippen LogP contribution in [0.15, 0.2) is 30.3 Å². The molecule has 1 unspecified atom stereocenters. The van der Waals surface area contributed by atoms with Gasteiger partial charge in [0.2, 0.25) is 0 Å². The number of halogens is 1. The molecule has 1 atom stereocenters. The molecule has 82 valence electrons. The van der Waals surface area contributed by atoms with Gasteiger partial charge < -0.3 is 5.32 Å². The standard InChI is InChI=1S/C13H18FN/c14-10-13(7-4-8-15-11-13)9-12-5-2-1-3-6-12/h1-3,5-6,15H,4,7-11H2. The molecule has 1 nitrogen and oxygen atoms in total. The third-order valence-corrected chi connectivity index (χ3v) is 3.27. The molecule has 0 aliphatic carbocycles. The first-order valence-corrected chi connectivity index (χ1v) is 5.65. The van der Waals surface area contributed by atoms with E-state index in [1.54, 1.807) is 0 Å². The Morgan fingerprint density at radius 3 is 2.67 bits per heavy atom. The molecule has 15 heavy (non-hydrogen) atoms. The molecule has 1 aromatic carbocycles. The highest BCUT2D eigenvalue weighted by Crippen LogP contribution is 2.31. The van der Waals surface area contributed by atoms with Crippen LogP contribution in [-0.4, -0.2) is 19.8 Å². The zero-order valence-electron chi connectivity index (χ0n) is 9.01. The summed E-state index contributed by atoms with van der Waals surface area (Å²) in [5.74, 6) is 0. The Morgan fingerprint density at radius 1 is 1.27 bits per heavy atom. The van der Waals surface area contributed by atoms with Gasteiger partial charge in [-0.3, -0.25) is 4.39 Å². The highest BCUT2D eigenvalue weighted by molar-refractivity contribution is 5.17.